The van der Waals surface area contributed by atoms with Crippen LogP contribution in [0.3, 0.4) is 0 Å². The summed E-state index contributed by atoms with van der Waals surface area (Å²) in [6, 6.07) is 13.4. The molecular formula is C18H23N2O+. The van der Waals surface area contributed by atoms with Crippen molar-refractivity contribution in [1.82, 2.24) is 0 Å². The smallest absolute Gasteiger partial charge is 0.264 e. The van der Waals surface area contributed by atoms with Crippen LogP contribution in [0.15, 0.2) is 48.7 Å². The Morgan fingerprint density at radius 2 is 1.81 bits per heavy atom. The van der Waals surface area contributed by atoms with Crippen LogP contribution in [0.1, 0.15) is 42.4 Å². The largest absolute Gasteiger partial charge is 0.305 e. The molecule has 0 aliphatic carbocycles. The number of hydrogen-bond acceptors (Lipinski definition) is 1. The highest BCUT2D eigenvalue weighted by Gasteiger charge is 2.21. The minimum absolute atomic E-state index is 0.0976. The van der Waals surface area contributed by atoms with Gasteiger partial charge in [-0.2, -0.15) is 0 Å². The average Bonchev–Trinajstić information content (AvgIpc) is 2.41. The number of pyridine rings is 1. The second-order valence-corrected chi connectivity index (χ2v) is 6.61. The molecule has 0 aliphatic heterocycles. The van der Waals surface area contributed by atoms with Crippen molar-refractivity contribution in [3.05, 3.63) is 65.5 Å². The SMILES string of the molecule is Cc1cc[n+](NC(=O)c2ccccc2)c(CC(C)(C)C)c1. The highest BCUT2D eigenvalue weighted by molar-refractivity contribution is 5.98. The Kier molecular flexibility index (Phi) is 4.41. The molecule has 3 heteroatoms. The molecule has 1 aromatic heterocycles. The van der Waals surface area contributed by atoms with Gasteiger partial charge in [0.1, 0.15) is 0 Å². The van der Waals surface area contributed by atoms with Crippen LogP contribution in [0.4, 0.5) is 0 Å². The molecule has 1 amide bonds. The molecule has 0 radical (unpaired) electrons. The maximum atomic E-state index is 12.3. The molecular weight excluding hydrogens is 260 g/mol. The van der Waals surface area contributed by atoms with Gasteiger partial charge < -0.3 is 0 Å². The minimum Gasteiger partial charge on any atom is -0.264 e. The summed E-state index contributed by atoms with van der Waals surface area (Å²) in [6.07, 6.45) is 2.81. The van der Waals surface area contributed by atoms with Crippen LogP contribution >= 0.6 is 0 Å². The number of carbonyl (C=O) groups excluding carboxylic acids is 1. The molecule has 3 nitrogen and oxygen atoms in total. The van der Waals surface area contributed by atoms with E-state index in [0.29, 0.717) is 5.56 Å². The van der Waals surface area contributed by atoms with E-state index in [2.05, 4.69) is 39.2 Å². The minimum atomic E-state index is -0.0976. The second kappa shape index (κ2) is 6.08. The molecule has 21 heavy (non-hydrogen) atoms. The van der Waals surface area contributed by atoms with Crippen molar-refractivity contribution >= 4 is 5.91 Å². The fourth-order valence-corrected chi connectivity index (χ4v) is 2.22. The monoisotopic (exact) mass is 283 g/mol. The van der Waals surface area contributed by atoms with Crippen molar-refractivity contribution in [3.8, 4) is 0 Å². The summed E-state index contributed by atoms with van der Waals surface area (Å²) in [5, 5.41) is 0. The lowest BCUT2D eigenvalue weighted by Crippen LogP contribution is -2.51. The van der Waals surface area contributed by atoms with Crippen LogP contribution < -0.4 is 10.1 Å². The molecule has 1 aromatic carbocycles. The molecule has 0 saturated carbocycles. The Labute approximate surface area is 126 Å². The third-order valence-electron chi connectivity index (χ3n) is 3.16. The van der Waals surface area contributed by atoms with E-state index in [1.807, 2.05) is 47.3 Å². The summed E-state index contributed by atoms with van der Waals surface area (Å²) in [5.74, 6) is -0.0976. The van der Waals surface area contributed by atoms with E-state index in [4.69, 9.17) is 0 Å². The van der Waals surface area contributed by atoms with Crippen molar-refractivity contribution in [2.45, 2.75) is 34.1 Å². The summed E-state index contributed by atoms with van der Waals surface area (Å²) in [7, 11) is 0. The van der Waals surface area contributed by atoms with Gasteiger partial charge in [-0.15, -0.1) is 5.43 Å². The van der Waals surface area contributed by atoms with Crippen molar-refractivity contribution < 1.29 is 9.47 Å². The number of rotatable bonds is 3. The van der Waals surface area contributed by atoms with Crippen LogP contribution in [0.25, 0.3) is 0 Å². The van der Waals surface area contributed by atoms with Crippen molar-refractivity contribution in [2.75, 3.05) is 5.43 Å². The predicted molar refractivity (Wildman–Crippen MR) is 84.7 cm³/mol. The molecule has 0 saturated heterocycles. The van der Waals surface area contributed by atoms with Gasteiger partial charge in [0.15, 0.2) is 0 Å². The van der Waals surface area contributed by atoms with Gasteiger partial charge in [0.05, 0.1) is 0 Å². The van der Waals surface area contributed by atoms with Crippen LogP contribution in [-0.2, 0) is 6.42 Å². The summed E-state index contributed by atoms with van der Waals surface area (Å²) in [5.41, 5.74) is 6.07. The molecule has 1 heterocycles. The average molecular weight is 283 g/mol. The lowest BCUT2D eigenvalue weighted by molar-refractivity contribution is -0.650. The zero-order valence-corrected chi connectivity index (χ0v) is 13.2. The number of benzene rings is 1. The van der Waals surface area contributed by atoms with Gasteiger partial charge in [-0.3, -0.25) is 4.79 Å². The Hall–Kier alpha value is -2.16. The molecule has 0 atom stereocenters. The van der Waals surface area contributed by atoms with E-state index in [1.54, 1.807) is 0 Å². The lowest BCUT2D eigenvalue weighted by atomic mass is 9.90. The summed E-state index contributed by atoms with van der Waals surface area (Å²) in [4.78, 5) is 12.3. The number of hydrogen-bond donors (Lipinski definition) is 1. The molecule has 0 spiro atoms. The van der Waals surface area contributed by atoms with Gasteiger partial charge in [-0.05, 0) is 30.0 Å². The van der Waals surface area contributed by atoms with Crippen LogP contribution in [0.2, 0.25) is 0 Å². The van der Waals surface area contributed by atoms with Gasteiger partial charge in [0.25, 0.3) is 0 Å². The normalized spacial score (nSPS) is 11.2. The van der Waals surface area contributed by atoms with Crippen LogP contribution in [0.5, 0.6) is 0 Å². The Morgan fingerprint density at radius 3 is 2.43 bits per heavy atom. The van der Waals surface area contributed by atoms with E-state index in [1.165, 1.54) is 5.56 Å². The molecule has 0 unspecified atom stereocenters. The maximum Gasteiger partial charge on any atom is 0.305 e. The van der Waals surface area contributed by atoms with Gasteiger partial charge in [0, 0.05) is 24.1 Å². The standard InChI is InChI=1S/C18H22N2O/c1-14-10-11-20(16(12-14)13-18(2,3)4)19-17(21)15-8-6-5-7-9-15/h5-12H,13H2,1-4H3/p+1. The quantitative estimate of drug-likeness (QED) is 0.862. The molecule has 0 aliphatic rings. The van der Waals surface area contributed by atoms with E-state index >= 15 is 0 Å². The third-order valence-corrected chi connectivity index (χ3v) is 3.16. The topological polar surface area (TPSA) is 33.0 Å². The number of carbonyl (C=O) groups is 1. The van der Waals surface area contributed by atoms with Crippen LogP contribution in [-0.4, -0.2) is 5.91 Å². The first-order valence-electron chi connectivity index (χ1n) is 7.23. The first kappa shape index (κ1) is 15.2. The summed E-state index contributed by atoms with van der Waals surface area (Å²) >= 11 is 0. The van der Waals surface area contributed by atoms with E-state index in [9.17, 15) is 4.79 Å². The molecule has 2 rings (SSSR count). The fourth-order valence-electron chi connectivity index (χ4n) is 2.22. The zero-order chi connectivity index (χ0) is 15.5. The first-order valence-corrected chi connectivity index (χ1v) is 7.23. The van der Waals surface area contributed by atoms with Crippen molar-refractivity contribution in [2.24, 2.45) is 5.41 Å². The number of amides is 1. The van der Waals surface area contributed by atoms with E-state index < -0.39 is 0 Å². The summed E-state index contributed by atoms with van der Waals surface area (Å²) in [6.45, 7) is 8.64. The molecule has 0 bridgehead atoms. The fraction of sp³-hybridized carbons (Fsp3) is 0.333. The molecule has 0 fully saturated rings. The molecule has 110 valence electrons. The Bertz CT molecular complexity index is 627. The molecule has 1 N–H and O–H groups in total. The van der Waals surface area contributed by atoms with Gasteiger partial charge >= 0.3 is 5.91 Å². The highest BCUT2D eigenvalue weighted by atomic mass is 16.2. The number of nitrogens with one attached hydrogen (secondary N) is 1. The van der Waals surface area contributed by atoms with Gasteiger partial charge in [0.2, 0.25) is 11.9 Å². The van der Waals surface area contributed by atoms with Gasteiger partial charge in [-0.25, -0.2) is 0 Å². The lowest BCUT2D eigenvalue weighted by Gasteiger charge is -2.16. The van der Waals surface area contributed by atoms with E-state index in [-0.39, 0.29) is 11.3 Å². The summed E-state index contributed by atoms with van der Waals surface area (Å²) < 4.78 is 1.83. The number of aryl methyl sites for hydroxylation is 1. The number of aromatic nitrogens is 1. The number of nitrogens with zero attached hydrogens (tertiary/aromatic N) is 1. The van der Waals surface area contributed by atoms with Crippen molar-refractivity contribution in [3.63, 3.8) is 0 Å². The molecule has 2 aromatic rings. The van der Waals surface area contributed by atoms with Crippen LogP contribution in [0, 0.1) is 12.3 Å². The Morgan fingerprint density at radius 1 is 1.14 bits per heavy atom. The zero-order valence-electron chi connectivity index (χ0n) is 13.2. The Balaban J connectivity index is 2.25. The highest BCUT2D eigenvalue weighted by Crippen LogP contribution is 2.18. The van der Waals surface area contributed by atoms with Gasteiger partial charge in [-0.1, -0.05) is 43.6 Å². The first-order chi connectivity index (χ1) is 9.85. The van der Waals surface area contributed by atoms with Crippen molar-refractivity contribution in [1.29, 1.82) is 0 Å². The predicted octanol–water partition coefficient (Wildman–Crippen LogP) is 3.26. The maximum absolute atomic E-state index is 12.3. The third kappa shape index (κ3) is 4.42. The second-order valence-electron chi connectivity index (χ2n) is 6.61. The van der Waals surface area contributed by atoms with E-state index in [0.717, 1.165) is 12.1 Å².